The van der Waals surface area contributed by atoms with E-state index in [1.165, 1.54) is 28.4 Å². The number of hydrogen-bond donors (Lipinski definition) is 0. The van der Waals surface area contributed by atoms with Crippen LogP contribution >= 0.6 is 27.3 Å². The summed E-state index contributed by atoms with van der Waals surface area (Å²) in [5, 5.41) is 13.6. The van der Waals surface area contributed by atoms with Gasteiger partial charge in [0.25, 0.3) is 11.6 Å². The molecule has 0 radical (unpaired) electrons. The molecule has 0 saturated carbocycles. The zero-order valence-corrected chi connectivity index (χ0v) is 18.3. The van der Waals surface area contributed by atoms with Gasteiger partial charge in [-0.1, -0.05) is 15.9 Å². The Hall–Kier alpha value is -3.37. The second-order valence-corrected chi connectivity index (χ2v) is 8.76. The van der Waals surface area contributed by atoms with E-state index in [2.05, 4.69) is 20.9 Å². The Labute approximate surface area is 187 Å². The van der Waals surface area contributed by atoms with Gasteiger partial charge in [0.1, 0.15) is 5.58 Å². The van der Waals surface area contributed by atoms with Gasteiger partial charge in [0.2, 0.25) is 5.76 Å². The van der Waals surface area contributed by atoms with Crippen molar-refractivity contribution in [1.82, 2.24) is 4.98 Å². The smallest absolute Gasteiger partial charge is 0.297 e. The first-order valence-electron chi connectivity index (χ1n) is 9.11. The van der Waals surface area contributed by atoms with Gasteiger partial charge < -0.3 is 4.42 Å². The van der Waals surface area contributed by atoms with E-state index in [0.29, 0.717) is 26.1 Å². The van der Waals surface area contributed by atoms with Crippen LogP contribution in [-0.2, 0) is 0 Å². The van der Waals surface area contributed by atoms with Crippen LogP contribution in [0.5, 0.6) is 0 Å². The van der Waals surface area contributed by atoms with Gasteiger partial charge >= 0.3 is 0 Å². The fraction of sp³-hybridized carbons (Fsp3) is 0.0952. The van der Waals surface area contributed by atoms with Gasteiger partial charge in [0.05, 0.1) is 27.6 Å². The summed E-state index contributed by atoms with van der Waals surface area (Å²) in [6.07, 6.45) is 0. The van der Waals surface area contributed by atoms with E-state index in [0.717, 1.165) is 5.69 Å². The topological polar surface area (TPSA) is 107 Å². The minimum Gasteiger partial charge on any atom is -0.450 e. The number of amides is 1. The van der Waals surface area contributed by atoms with Crippen LogP contribution in [0.2, 0.25) is 0 Å². The number of nitro benzene ring substituents is 1. The molecule has 0 N–H and O–H groups in total. The number of carbonyl (C=O) groups excluding carboxylic acids is 1. The molecule has 0 aliphatic carbocycles. The summed E-state index contributed by atoms with van der Waals surface area (Å²) >= 11 is 4.64. The van der Waals surface area contributed by atoms with Crippen LogP contribution in [0.3, 0.4) is 0 Å². The van der Waals surface area contributed by atoms with Crippen molar-refractivity contribution in [2.75, 3.05) is 4.90 Å². The molecule has 5 rings (SSSR count). The first-order chi connectivity index (χ1) is 14.8. The predicted octanol–water partition coefficient (Wildman–Crippen LogP) is 4.98. The van der Waals surface area contributed by atoms with Gasteiger partial charge in [-0.2, -0.15) is 0 Å². The molecule has 3 heterocycles. The van der Waals surface area contributed by atoms with E-state index in [-0.39, 0.29) is 22.4 Å². The van der Waals surface area contributed by atoms with Crippen molar-refractivity contribution >= 4 is 55.0 Å². The predicted molar refractivity (Wildman–Crippen MR) is 119 cm³/mol. The van der Waals surface area contributed by atoms with Crippen molar-refractivity contribution < 1.29 is 14.1 Å². The molecule has 1 aliphatic rings. The molecule has 2 aromatic heterocycles. The molecule has 10 heteroatoms. The van der Waals surface area contributed by atoms with Crippen molar-refractivity contribution in [1.29, 1.82) is 0 Å². The normalized spacial score (nSPS) is 15.5. The third-order valence-electron chi connectivity index (χ3n) is 5.06. The zero-order valence-electron chi connectivity index (χ0n) is 15.9. The van der Waals surface area contributed by atoms with Crippen molar-refractivity contribution in [2.24, 2.45) is 0 Å². The molecule has 1 amide bonds. The molecular formula is C21H12BrN3O5S. The van der Waals surface area contributed by atoms with Crippen LogP contribution in [0.4, 0.5) is 10.8 Å². The number of nitrogens with zero attached hydrogens (tertiary/aromatic N) is 3. The summed E-state index contributed by atoms with van der Waals surface area (Å²) in [6.45, 7) is 1.81. The highest BCUT2D eigenvalue weighted by Gasteiger charge is 2.45. The molecule has 154 valence electrons. The number of non-ortho nitro benzene ring substituents is 1. The first-order valence-corrected chi connectivity index (χ1v) is 10.8. The molecule has 8 nitrogen and oxygen atoms in total. The van der Waals surface area contributed by atoms with Gasteiger partial charge in [0.15, 0.2) is 10.6 Å². The van der Waals surface area contributed by atoms with Gasteiger partial charge in [-0.05, 0) is 42.8 Å². The van der Waals surface area contributed by atoms with Gasteiger partial charge in [-0.25, -0.2) is 4.98 Å². The lowest BCUT2D eigenvalue weighted by Gasteiger charge is -2.22. The highest BCUT2D eigenvalue weighted by atomic mass is 79.9. The average Bonchev–Trinajstić information content (AvgIpc) is 3.30. The molecular weight excluding hydrogens is 486 g/mol. The highest BCUT2D eigenvalue weighted by molar-refractivity contribution is 9.10. The van der Waals surface area contributed by atoms with E-state index in [1.807, 2.05) is 6.92 Å². The van der Waals surface area contributed by atoms with Gasteiger partial charge in [0, 0.05) is 22.0 Å². The third kappa shape index (κ3) is 3.06. The Bertz CT molecular complexity index is 1440. The number of fused-ring (bicyclic) bond motifs is 2. The van der Waals surface area contributed by atoms with Crippen LogP contribution in [0.25, 0.3) is 11.0 Å². The van der Waals surface area contributed by atoms with E-state index >= 15 is 0 Å². The standard InChI is InChI=1S/C21H12BrN3O5S/c1-10-9-31-21(23-10)24-17(11-2-5-13(6-3-11)25(28)29)16-18(26)14-8-12(22)4-7-15(14)30-19(16)20(24)27/h2-9,17H,1H3/t17-/m0/s1. The molecule has 1 atom stereocenters. The molecule has 0 unspecified atom stereocenters. The number of aryl methyl sites for hydroxylation is 1. The van der Waals surface area contributed by atoms with E-state index < -0.39 is 16.9 Å². The third-order valence-corrected chi connectivity index (χ3v) is 6.52. The Balaban J connectivity index is 1.79. The fourth-order valence-corrected chi connectivity index (χ4v) is 4.88. The number of benzene rings is 2. The second-order valence-electron chi connectivity index (χ2n) is 7.01. The molecule has 31 heavy (non-hydrogen) atoms. The minimum atomic E-state index is -0.812. The van der Waals surface area contributed by atoms with Crippen LogP contribution in [0, 0.1) is 17.0 Å². The molecule has 4 aromatic rings. The summed E-state index contributed by atoms with van der Waals surface area (Å²) in [4.78, 5) is 43.3. The first kappa shape index (κ1) is 19.6. The summed E-state index contributed by atoms with van der Waals surface area (Å²) in [5.41, 5.74) is 1.37. The van der Waals surface area contributed by atoms with E-state index in [9.17, 15) is 19.7 Å². The van der Waals surface area contributed by atoms with Gasteiger partial charge in [-0.3, -0.25) is 24.6 Å². The molecule has 1 aliphatic heterocycles. The summed E-state index contributed by atoms with van der Waals surface area (Å²) in [6, 6.07) is 9.98. The quantitative estimate of drug-likeness (QED) is 0.291. The molecule has 2 aromatic carbocycles. The average molecular weight is 498 g/mol. The van der Waals surface area contributed by atoms with Crippen molar-refractivity contribution in [3.05, 3.63) is 95.2 Å². The number of halogens is 1. The SMILES string of the molecule is Cc1csc(N2C(=O)c3oc4ccc(Br)cc4c(=O)c3[C@@H]2c2ccc([N+](=O)[O-])cc2)n1. The largest absolute Gasteiger partial charge is 0.450 e. The van der Waals surface area contributed by atoms with Crippen LogP contribution in [0.1, 0.15) is 33.4 Å². The van der Waals surface area contributed by atoms with Crippen LogP contribution in [0.15, 0.2) is 61.5 Å². The lowest BCUT2D eigenvalue weighted by molar-refractivity contribution is -0.384. The number of aromatic nitrogens is 1. The number of anilines is 1. The lowest BCUT2D eigenvalue weighted by Crippen LogP contribution is -2.29. The Morgan fingerprint density at radius 2 is 1.94 bits per heavy atom. The molecule has 0 spiro atoms. The maximum absolute atomic E-state index is 13.5. The minimum absolute atomic E-state index is 0.0453. The number of nitro groups is 1. The monoisotopic (exact) mass is 497 g/mol. The second kappa shape index (κ2) is 7.10. The zero-order chi connectivity index (χ0) is 21.9. The van der Waals surface area contributed by atoms with Gasteiger partial charge in [-0.15, -0.1) is 11.3 Å². The van der Waals surface area contributed by atoms with Crippen molar-refractivity contribution in [2.45, 2.75) is 13.0 Å². The Morgan fingerprint density at radius 1 is 1.19 bits per heavy atom. The number of thiazole rings is 1. The fourth-order valence-electron chi connectivity index (χ4n) is 3.69. The van der Waals surface area contributed by atoms with Crippen LogP contribution in [-0.4, -0.2) is 15.8 Å². The highest BCUT2D eigenvalue weighted by Crippen LogP contribution is 2.42. The maximum atomic E-state index is 13.5. The molecule has 0 fully saturated rings. The Morgan fingerprint density at radius 3 is 2.58 bits per heavy atom. The van der Waals surface area contributed by atoms with Crippen molar-refractivity contribution in [3.8, 4) is 0 Å². The number of carbonyl (C=O) groups is 1. The summed E-state index contributed by atoms with van der Waals surface area (Å²) in [7, 11) is 0. The van der Waals surface area contributed by atoms with Crippen molar-refractivity contribution in [3.63, 3.8) is 0 Å². The maximum Gasteiger partial charge on any atom is 0.297 e. The number of rotatable bonds is 3. The molecule has 0 saturated heterocycles. The summed E-state index contributed by atoms with van der Waals surface area (Å²) < 4.78 is 6.59. The Kier molecular flexibility index (Phi) is 4.49. The van der Waals surface area contributed by atoms with Crippen LogP contribution < -0.4 is 10.3 Å². The lowest BCUT2D eigenvalue weighted by atomic mass is 9.98. The van der Waals surface area contributed by atoms with E-state index in [4.69, 9.17) is 4.42 Å². The molecule has 0 bridgehead atoms. The van der Waals surface area contributed by atoms with E-state index in [1.54, 1.807) is 35.7 Å². The number of hydrogen-bond acceptors (Lipinski definition) is 7. The summed E-state index contributed by atoms with van der Waals surface area (Å²) in [5.74, 6) is -0.523.